The summed E-state index contributed by atoms with van der Waals surface area (Å²) in [5.41, 5.74) is 1.23. The highest BCUT2D eigenvalue weighted by atomic mass is 32.1. The zero-order chi connectivity index (χ0) is 16.2. The standard InChI is InChI=1S/C18H22N4S/c1-13-20-17(19-10-7-11-22(2)3)15-12-16(23-18(15)21-13)14-8-5-4-6-9-14/h4-6,8-9,12H,7,10-11H2,1-3H3,(H,19,20,21). The van der Waals surface area contributed by atoms with Gasteiger partial charge in [0, 0.05) is 11.4 Å². The molecule has 0 aliphatic rings. The molecule has 0 atom stereocenters. The number of aromatic nitrogens is 2. The molecule has 0 spiro atoms. The Labute approximate surface area is 141 Å². The fourth-order valence-corrected chi connectivity index (χ4v) is 3.59. The van der Waals surface area contributed by atoms with Gasteiger partial charge in [0.2, 0.25) is 0 Å². The van der Waals surface area contributed by atoms with E-state index in [1.54, 1.807) is 11.3 Å². The van der Waals surface area contributed by atoms with Crippen LogP contribution in [0.5, 0.6) is 0 Å². The molecular weight excluding hydrogens is 304 g/mol. The lowest BCUT2D eigenvalue weighted by Crippen LogP contribution is -2.16. The fourth-order valence-electron chi connectivity index (χ4n) is 2.51. The maximum Gasteiger partial charge on any atom is 0.138 e. The first kappa shape index (κ1) is 15.9. The molecule has 3 rings (SSSR count). The molecule has 120 valence electrons. The predicted molar refractivity (Wildman–Crippen MR) is 99.2 cm³/mol. The normalized spacial score (nSPS) is 11.3. The van der Waals surface area contributed by atoms with Crippen LogP contribution in [0.1, 0.15) is 12.2 Å². The lowest BCUT2D eigenvalue weighted by Gasteiger charge is -2.11. The Balaban J connectivity index is 1.87. The van der Waals surface area contributed by atoms with Crippen LogP contribution in [0.25, 0.3) is 20.7 Å². The smallest absolute Gasteiger partial charge is 0.138 e. The summed E-state index contributed by atoms with van der Waals surface area (Å²) in [5, 5.41) is 4.59. The van der Waals surface area contributed by atoms with Crippen LogP contribution in [0, 0.1) is 6.92 Å². The number of fused-ring (bicyclic) bond motifs is 1. The third-order valence-electron chi connectivity index (χ3n) is 3.64. The molecule has 0 unspecified atom stereocenters. The van der Waals surface area contributed by atoms with E-state index in [1.807, 2.05) is 13.0 Å². The van der Waals surface area contributed by atoms with Gasteiger partial charge in [0.05, 0.1) is 5.39 Å². The molecule has 0 aliphatic heterocycles. The van der Waals surface area contributed by atoms with Crippen molar-refractivity contribution in [1.29, 1.82) is 0 Å². The van der Waals surface area contributed by atoms with Crippen molar-refractivity contribution < 1.29 is 0 Å². The molecule has 2 aromatic heterocycles. The Morgan fingerprint density at radius 1 is 1.13 bits per heavy atom. The second kappa shape index (κ2) is 7.06. The number of anilines is 1. The lowest BCUT2D eigenvalue weighted by molar-refractivity contribution is 0.405. The molecule has 1 N–H and O–H groups in total. The Morgan fingerprint density at radius 2 is 1.91 bits per heavy atom. The van der Waals surface area contributed by atoms with Crippen molar-refractivity contribution in [3.8, 4) is 10.4 Å². The number of nitrogens with one attached hydrogen (secondary N) is 1. The highest BCUT2D eigenvalue weighted by molar-refractivity contribution is 7.21. The summed E-state index contributed by atoms with van der Waals surface area (Å²) in [6.45, 7) is 3.94. The van der Waals surface area contributed by atoms with Crippen LogP contribution in [-0.4, -0.2) is 42.1 Å². The highest BCUT2D eigenvalue weighted by Gasteiger charge is 2.11. The van der Waals surface area contributed by atoms with Crippen molar-refractivity contribution in [3.05, 3.63) is 42.2 Å². The quantitative estimate of drug-likeness (QED) is 0.694. The number of hydrogen-bond donors (Lipinski definition) is 1. The molecule has 0 radical (unpaired) electrons. The minimum atomic E-state index is 0.814. The molecule has 0 saturated carbocycles. The minimum Gasteiger partial charge on any atom is -0.369 e. The maximum absolute atomic E-state index is 4.60. The molecule has 23 heavy (non-hydrogen) atoms. The van der Waals surface area contributed by atoms with Gasteiger partial charge in [0.15, 0.2) is 0 Å². The van der Waals surface area contributed by atoms with Gasteiger partial charge in [-0.15, -0.1) is 11.3 Å². The first-order valence-corrected chi connectivity index (χ1v) is 8.67. The summed E-state index contributed by atoms with van der Waals surface area (Å²) < 4.78 is 0. The average Bonchev–Trinajstić information content (AvgIpc) is 2.96. The Morgan fingerprint density at radius 3 is 2.65 bits per heavy atom. The third kappa shape index (κ3) is 3.86. The predicted octanol–water partition coefficient (Wildman–Crippen LogP) is 4.03. The average molecular weight is 326 g/mol. The molecule has 0 amide bonds. The molecule has 3 aromatic rings. The summed E-state index contributed by atoms with van der Waals surface area (Å²) in [5.74, 6) is 1.76. The van der Waals surface area contributed by atoms with Crippen molar-refractivity contribution >= 4 is 27.4 Å². The molecule has 5 heteroatoms. The molecular formula is C18H22N4S. The Bertz CT molecular complexity index is 780. The van der Waals surface area contributed by atoms with Crippen LogP contribution in [0.15, 0.2) is 36.4 Å². The minimum absolute atomic E-state index is 0.814. The van der Waals surface area contributed by atoms with E-state index < -0.39 is 0 Å². The lowest BCUT2D eigenvalue weighted by atomic mass is 10.2. The number of nitrogens with zero attached hydrogens (tertiary/aromatic N) is 3. The van der Waals surface area contributed by atoms with E-state index >= 15 is 0 Å². The van der Waals surface area contributed by atoms with Crippen LogP contribution < -0.4 is 5.32 Å². The zero-order valence-electron chi connectivity index (χ0n) is 13.8. The SMILES string of the molecule is Cc1nc(NCCCN(C)C)c2cc(-c3ccccc3)sc2n1. The van der Waals surface area contributed by atoms with E-state index in [4.69, 9.17) is 0 Å². The number of thiophene rings is 1. The van der Waals surface area contributed by atoms with Crippen LogP contribution in [0.3, 0.4) is 0 Å². The van der Waals surface area contributed by atoms with Gasteiger partial charge in [-0.25, -0.2) is 9.97 Å². The van der Waals surface area contributed by atoms with Crippen molar-refractivity contribution in [1.82, 2.24) is 14.9 Å². The Hall–Kier alpha value is -1.98. The van der Waals surface area contributed by atoms with Gasteiger partial charge in [-0.3, -0.25) is 0 Å². The van der Waals surface area contributed by atoms with E-state index in [-0.39, 0.29) is 0 Å². The van der Waals surface area contributed by atoms with Gasteiger partial charge in [-0.05, 0) is 45.6 Å². The van der Waals surface area contributed by atoms with E-state index in [1.165, 1.54) is 10.4 Å². The van der Waals surface area contributed by atoms with Gasteiger partial charge < -0.3 is 10.2 Å². The van der Waals surface area contributed by atoms with Crippen molar-refractivity contribution in [3.63, 3.8) is 0 Å². The molecule has 0 aliphatic carbocycles. The summed E-state index contributed by atoms with van der Waals surface area (Å²) in [7, 11) is 4.19. The zero-order valence-corrected chi connectivity index (χ0v) is 14.7. The van der Waals surface area contributed by atoms with Gasteiger partial charge in [-0.1, -0.05) is 30.3 Å². The summed E-state index contributed by atoms with van der Waals surface area (Å²) in [6, 6.07) is 12.6. The largest absolute Gasteiger partial charge is 0.369 e. The number of rotatable bonds is 6. The van der Waals surface area contributed by atoms with Gasteiger partial charge in [0.25, 0.3) is 0 Å². The van der Waals surface area contributed by atoms with Crippen LogP contribution >= 0.6 is 11.3 Å². The van der Waals surface area contributed by atoms with E-state index in [2.05, 4.69) is 64.6 Å². The second-order valence-electron chi connectivity index (χ2n) is 5.90. The first-order valence-electron chi connectivity index (χ1n) is 7.85. The first-order chi connectivity index (χ1) is 11.1. The maximum atomic E-state index is 4.60. The van der Waals surface area contributed by atoms with Gasteiger partial charge in [0.1, 0.15) is 16.5 Å². The molecule has 0 saturated heterocycles. The monoisotopic (exact) mass is 326 g/mol. The van der Waals surface area contributed by atoms with Crippen LogP contribution in [-0.2, 0) is 0 Å². The Kier molecular flexibility index (Phi) is 4.88. The van der Waals surface area contributed by atoms with E-state index in [0.29, 0.717) is 0 Å². The number of aryl methyl sites for hydroxylation is 1. The summed E-state index contributed by atoms with van der Waals surface area (Å²) >= 11 is 1.72. The summed E-state index contributed by atoms with van der Waals surface area (Å²) in [6.07, 6.45) is 1.09. The van der Waals surface area contributed by atoms with E-state index in [0.717, 1.165) is 41.4 Å². The van der Waals surface area contributed by atoms with Crippen molar-refractivity contribution in [2.75, 3.05) is 32.5 Å². The number of hydrogen-bond acceptors (Lipinski definition) is 5. The van der Waals surface area contributed by atoms with Gasteiger partial charge >= 0.3 is 0 Å². The topological polar surface area (TPSA) is 41.1 Å². The molecule has 0 bridgehead atoms. The molecule has 2 heterocycles. The van der Waals surface area contributed by atoms with E-state index in [9.17, 15) is 0 Å². The fraction of sp³-hybridized carbons (Fsp3) is 0.333. The molecule has 4 nitrogen and oxygen atoms in total. The number of benzene rings is 1. The molecule has 1 aromatic carbocycles. The van der Waals surface area contributed by atoms with Crippen LogP contribution in [0.2, 0.25) is 0 Å². The third-order valence-corrected chi connectivity index (χ3v) is 4.72. The van der Waals surface area contributed by atoms with Crippen molar-refractivity contribution in [2.24, 2.45) is 0 Å². The van der Waals surface area contributed by atoms with Crippen molar-refractivity contribution in [2.45, 2.75) is 13.3 Å². The summed E-state index contributed by atoms with van der Waals surface area (Å²) in [4.78, 5) is 13.7. The molecule has 0 fully saturated rings. The highest BCUT2D eigenvalue weighted by Crippen LogP contribution is 2.35. The van der Waals surface area contributed by atoms with Crippen LogP contribution in [0.4, 0.5) is 5.82 Å². The van der Waals surface area contributed by atoms with Gasteiger partial charge in [-0.2, -0.15) is 0 Å². The second-order valence-corrected chi connectivity index (χ2v) is 6.93.